The van der Waals surface area contributed by atoms with Crippen LogP contribution in [0.3, 0.4) is 0 Å². The number of nitrogens with zero attached hydrogens (tertiary/aromatic N) is 3. The van der Waals surface area contributed by atoms with Crippen LogP contribution in [0.25, 0.3) is 0 Å². The quantitative estimate of drug-likeness (QED) is 0.831. The molecule has 1 aromatic rings. The van der Waals surface area contributed by atoms with E-state index in [9.17, 15) is 5.11 Å². The maximum absolute atomic E-state index is 10.1. The van der Waals surface area contributed by atoms with E-state index in [2.05, 4.69) is 16.0 Å². The first-order valence-electron chi connectivity index (χ1n) is 8.19. The molecular weight excluding hydrogens is 289 g/mol. The molecule has 124 valence electrons. The molecular formula is C17H26BN3O2. The van der Waals surface area contributed by atoms with Crippen LogP contribution < -0.4 is 10.4 Å². The van der Waals surface area contributed by atoms with E-state index >= 15 is 0 Å². The van der Waals surface area contributed by atoms with Gasteiger partial charge in [-0.2, -0.15) is 5.26 Å². The van der Waals surface area contributed by atoms with Crippen LogP contribution in [0, 0.1) is 17.2 Å². The van der Waals surface area contributed by atoms with Gasteiger partial charge in [-0.05, 0) is 52.1 Å². The molecule has 1 N–H and O–H groups in total. The Balaban J connectivity index is 1.92. The van der Waals surface area contributed by atoms with E-state index in [4.69, 9.17) is 9.92 Å². The Labute approximate surface area is 139 Å². The van der Waals surface area contributed by atoms with Gasteiger partial charge in [0.1, 0.15) is 5.82 Å². The Morgan fingerprint density at radius 3 is 2.43 bits per heavy atom. The van der Waals surface area contributed by atoms with Crippen molar-refractivity contribution >= 4 is 18.8 Å². The van der Waals surface area contributed by atoms with E-state index in [1.54, 1.807) is 13.8 Å². The minimum absolute atomic E-state index is 0.183. The highest BCUT2D eigenvalue weighted by atomic mass is 16.5. The van der Waals surface area contributed by atoms with Crippen molar-refractivity contribution in [1.29, 1.82) is 5.26 Å². The van der Waals surface area contributed by atoms with E-state index in [1.807, 2.05) is 32.2 Å². The molecule has 2 rings (SSSR count). The van der Waals surface area contributed by atoms with Crippen molar-refractivity contribution in [2.45, 2.75) is 51.7 Å². The fraction of sp³-hybridized carbons (Fsp3) is 0.647. The van der Waals surface area contributed by atoms with E-state index in [1.165, 1.54) is 0 Å². The van der Waals surface area contributed by atoms with Gasteiger partial charge in [-0.3, -0.25) is 0 Å². The van der Waals surface area contributed by atoms with Gasteiger partial charge in [0.05, 0.1) is 17.3 Å². The van der Waals surface area contributed by atoms with Gasteiger partial charge in [-0.25, -0.2) is 4.98 Å². The summed E-state index contributed by atoms with van der Waals surface area (Å²) in [5.41, 5.74) is -0.561. The Hall–Kier alpha value is -1.58. The van der Waals surface area contributed by atoms with Crippen molar-refractivity contribution in [2.75, 3.05) is 18.0 Å². The average molecular weight is 315 g/mol. The molecule has 0 saturated carbocycles. The molecule has 1 aliphatic rings. The molecule has 0 spiro atoms. The molecule has 23 heavy (non-hydrogen) atoms. The predicted molar refractivity (Wildman–Crippen MR) is 93.0 cm³/mol. The first kappa shape index (κ1) is 17.8. The normalized spacial score (nSPS) is 17.0. The molecule has 0 amide bonds. The number of hydrogen-bond acceptors (Lipinski definition) is 5. The molecule has 1 fully saturated rings. The molecule has 0 radical (unpaired) electrons. The Kier molecular flexibility index (Phi) is 5.33. The predicted octanol–water partition coefficient (Wildman–Crippen LogP) is 1.36. The third-order valence-corrected chi connectivity index (χ3v) is 4.88. The topological polar surface area (TPSA) is 69.4 Å². The number of rotatable bonds is 5. The summed E-state index contributed by atoms with van der Waals surface area (Å²) < 4.78 is 5.85. The van der Waals surface area contributed by atoms with Gasteiger partial charge in [0.25, 0.3) is 0 Å². The maximum atomic E-state index is 10.1. The van der Waals surface area contributed by atoms with Crippen LogP contribution in [0.15, 0.2) is 18.3 Å². The SMILES string of the molecule is CC(C)(O)C(C)(C)OBc1ccc(N2CCC(C#N)CC2)nc1. The van der Waals surface area contributed by atoms with Crippen molar-refractivity contribution in [3.63, 3.8) is 0 Å². The Bertz CT molecular complexity index is 553. The summed E-state index contributed by atoms with van der Waals surface area (Å²) in [4.78, 5) is 6.74. The summed E-state index contributed by atoms with van der Waals surface area (Å²) in [5, 5.41) is 19.1. The highest BCUT2D eigenvalue weighted by Crippen LogP contribution is 2.24. The van der Waals surface area contributed by atoms with Crippen molar-refractivity contribution in [3.8, 4) is 6.07 Å². The van der Waals surface area contributed by atoms with E-state index < -0.39 is 11.2 Å². The summed E-state index contributed by atoms with van der Waals surface area (Å²) >= 11 is 0. The molecule has 0 bridgehead atoms. The van der Waals surface area contributed by atoms with Crippen LogP contribution in [0.2, 0.25) is 0 Å². The molecule has 0 unspecified atom stereocenters. The zero-order valence-electron chi connectivity index (χ0n) is 14.5. The number of pyridine rings is 1. The minimum Gasteiger partial charge on any atom is -0.427 e. The fourth-order valence-electron chi connectivity index (χ4n) is 2.37. The highest BCUT2D eigenvalue weighted by molar-refractivity contribution is 6.46. The first-order chi connectivity index (χ1) is 10.7. The summed E-state index contributed by atoms with van der Waals surface area (Å²) in [6, 6.07) is 6.36. The van der Waals surface area contributed by atoms with Gasteiger partial charge in [-0.15, -0.1) is 0 Å². The van der Waals surface area contributed by atoms with E-state index in [0.29, 0.717) is 7.48 Å². The van der Waals surface area contributed by atoms with Crippen LogP contribution in [0.5, 0.6) is 0 Å². The summed E-state index contributed by atoms with van der Waals surface area (Å²) in [6.45, 7) is 9.03. The van der Waals surface area contributed by atoms with Gasteiger partial charge >= 0.3 is 7.48 Å². The lowest BCUT2D eigenvalue weighted by Crippen LogP contribution is -2.49. The van der Waals surface area contributed by atoms with Crippen LogP contribution in [0.1, 0.15) is 40.5 Å². The molecule has 1 aromatic heterocycles. The third kappa shape index (κ3) is 4.46. The van der Waals surface area contributed by atoms with Crippen molar-refractivity contribution in [2.24, 2.45) is 5.92 Å². The molecule has 5 nitrogen and oxygen atoms in total. The highest BCUT2D eigenvalue weighted by Gasteiger charge is 2.35. The largest absolute Gasteiger partial charge is 0.427 e. The lowest BCUT2D eigenvalue weighted by atomic mass is 9.83. The molecule has 0 atom stereocenters. The van der Waals surface area contributed by atoms with Crippen molar-refractivity contribution in [1.82, 2.24) is 4.98 Å². The molecule has 2 heterocycles. The average Bonchev–Trinajstić information content (AvgIpc) is 2.52. The number of nitriles is 1. The monoisotopic (exact) mass is 315 g/mol. The molecule has 6 heteroatoms. The van der Waals surface area contributed by atoms with Crippen LogP contribution in [-0.4, -0.2) is 41.9 Å². The fourth-order valence-corrected chi connectivity index (χ4v) is 2.37. The van der Waals surface area contributed by atoms with E-state index in [-0.39, 0.29) is 5.92 Å². The number of aliphatic hydroxyl groups is 1. The third-order valence-electron chi connectivity index (χ3n) is 4.88. The van der Waals surface area contributed by atoms with Gasteiger partial charge in [-0.1, -0.05) is 6.07 Å². The van der Waals surface area contributed by atoms with Gasteiger partial charge < -0.3 is 14.7 Å². The zero-order valence-corrected chi connectivity index (χ0v) is 14.5. The maximum Gasteiger partial charge on any atom is 0.311 e. The molecule has 0 aromatic carbocycles. The van der Waals surface area contributed by atoms with Gasteiger partial charge in [0.2, 0.25) is 0 Å². The lowest BCUT2D eigenvalue weighted by Gasteiger charge is -2.37. The second kappa shape index (κ2) is 6.90. The number of piperidine rings is 1. The summed E-state index contributed by atoms with van der Waals surface area (Å²) in [6.07, 6.45) is 3.64. The van der Waals surface area contributed by atoms with E-state index in [0.717, 1.165) is 37.2 Å². The second-order valence-corrected chi connectivity index (χ2v) is 7.27. The van der Waals surface area contributed by atoms with Crippen molar-refractivity contribution < 1.29 is 9.76 Å². The Morgan fingerprint density at radius 2 is 1.96 bits per heavy atom. The smallest absolute Gasteiger partial charge is 0.311 e. The summed E-state index contributed by atoms with van der Waals surface area (Å²) in [5.74, 6) is 1.13. The van der Waals surface area contributed by atoms with Crippen LogP contribution in [0.4, 0.5) is 5.82 Å². The van der Waals surface area contributed by atoms with Gasteiger partial charge in [0, 0.05) is 25.2 Å². The lowest BCUT2D eigenvalue weighted by molar-refractivity contribution is -0.0893. The number of hydrogen-bond donors (Lipinski definition) is 1. The summed E-state index contributed by atoms with van der Waals surface area (Å²) in [7, 11) is 0.417. The molecule has 1 saturated heterocycles. The minimum atomic E-state index is -0.911. The standard InChI is InChI=1S/C17H26BN3O2/c1-16(2,22)17(3,4)23-18-14-5-6-15(20-12-14)21-9-7-13(11-19)8-10-21/h5-6,12-13,18,22H,7-10H2,1-4H3. The number of aromatic nitrogens is 1. The Morgan fingerprint density at radius 1 is 1.30 bits per heavy atom. The van der Waals surface area contributed by atoms with Crippen molar-refractivity contribution in [3.05, 3.63) is 18.3 Å². The number of anilines is 1. The molecule has 1 aliphatic heterocycles. The second-order valence-electron chi connectivity index (χ2n) is 7.27. The van der Waals surface area contributed by atoms with Crippen LogP contribution in [-0.2, 0) is 4.65 Å². The zero-order chi connectivity index (χ0) is 17.1. The molecule has 0 aliphatic carbocycles. The first-order valence-corrected chi connectivity index (χ1v) is 8.19. The van der Waals surface area contributed by atoms with Crippen LogP contribution >= 0.6 is 0 Å². The van der Waals surface area contributed by atoms with Gasteiger partial charge in [0.15, 0.2) is 0 Å².